The molecule has 0 spiro atoms. The fourth-order valence-corrected chi connectivity index (χ4v) is 4.53. The molecule has 1 atom stereocenters. The summed E-state index contributed by atoms with van der Waals surface area (Å²) < 4.78 is 5.71. The SMILES string of the molecule is CC(C)Oc1ccc(-c2nnc(-c3cccc4c3CCCC4N)s2)cc1C#N.Cl. The number of nitrogens with zero attached hydrogens (tertiary/aromatic N) is 3. The van der Waals surface area contributed by atoms with Crippen molar-refractivity contribution in [1.82, 2.24) is 10.2 Å². The Bertz CT molecular complexity index is 1060. The van der Waals surface area contributed by atoms with Gasteiger partial charge in [0.1, 0.15) is 21.8 Å². The van der Waals surface area contributed by atoms with Gasteiger partial charge < -0.3 is 10.5 Å². The van der Waals surface area contributed by atoms with Crippen molar-refractivity contribution in [2.24, 2.45) is 5.73 Å². The molecule has 5 nitrogen and oxygen atoms in total. The Balaban J connectivity index is 0.00000240. The summed E-state index contributed by atoms with van der Waals surface area (Å²) in [5.74, 6) is 0.595. The second-order valence-corrected chi connectivity index (χ2v) is 8.25. The molecule has 0 aliphatic heterocycles. The lowest BCUT2D eigenvalue weighted by Gasteiger charge is -2.23. The largest absolute Gasteiger partial charge is 0.490 e. The smallest absolute Gasteiger partial charge is 0.148 e. The maximum absolute atomic E-state index is 9.47. The van der Waals surface area contributed by atoms with Crippen molar-refractivity contribution in [3.8, 4) is 33.0 Å². The molecule has 0 bridgehead atoms. The zero-order valence-corrected chi connectivity index (χ0v) is 18.0. The van der Waals surface area contributed by atoms with E-state index in [0.717, 1.165) is 40.4 Å². The van der Waals surface area contributed by atoms with Crippen molar-refractivity contribution in [2.75, 3.05) is 0 Å². The lowest BCUT2D eigenvalue weighted by molar-refractivity contribution is 0.242. The van der Waals surface area contributed by atoms with Gasteiger partial charge in [0, 0.05) is 17.2 Å². The quantitative estimate of drug-likeness (QED) is 0.612. The highest BCUT2D eigenvalue weighted by atomic mass is 35.5. The van der Waals surface area contributed by atoms with E-state index in [2.05, 4.69) is 28.4 Å². The molecule has 0 saturated carbocycles. The van der Waals surface area contributed by atoms with Crippen molar-refractivity contribution in [2.45, 2.75) is 45.3 Å². The molecule has 0 radical (unpaired) electrons. The van der Waals surface area contributed by atoms with Crippen LogP contribution in [0.1, 0.15) is 49.4 Å². The van der Waals surface area contributed by atoms with Crippen LogP contribution in [-0.2, 0) is 6.42 Å². The van der Waals surface area contributed by atoms with Crippen molar-refractivity contribution in [3.63, 3.8) is 0 Å². The fourth-order valence-electron chi connectivity index (χ4n) is 3.64. The standard InChI is InChI=1S/C22H22N4OS.ClH/c1-13(2)27-20-10-9-14(11-15(20)12-23)21-25-26-22(28-21)18-7-3-6-17-16(18)5-4-8-19(17)24;/h3,6-7,9-11,13,19H,4-5,8,24H2,1-2H3;1H. The van der Waals surface area contributed by atoms with Gasteiger partial charge in [-0.1, -0.05) is 29.5 Å². The zero-order valence-electron chi connectivity index (χ0n) is 16.4. The molecule has 2 N–H and O–H groups in total. The molecule has 4 rings (SSSR count). The molecule has 150 valence electrons. The van der Waals surface area contributed by atoms with E-state index in [0.29, 0.717) is 11.3 Å². The predicted octanol–water partition coefficient (Wildman–Crippen LogP) is 5.29. The summed E-state index contributed by atoms with van der Waals surface area (Å²) >= 11 is 1.54. The number of ether oxygens (including phenoxy) is 1. The molecule has 0 saturated heterocycles. The summed E-state index contributed by atoms with van der Waals surface area (Å²) in [6.45, 7) is 3.89. The third-order valence-electron chi connectivity index (χ3n) is 4.92. The van der Waals surface area contributed by atoms with Gasteiger partial charge >= 0.3 is 0 Å². The van der Waals surface area contributed by atoms with Gasteiger partial charge in [-0.3, -0.25) is 0 Å². The molecule has 1 aliphatic carbocycles. The van der Waals surface area contributed by atoms with Crippen molar-refractivity contribution in [1.29, 1.82) is 5.26 Å². The van der Waals surface area contributed by atoms with Gasteiger partial charge in [-0.25, -0.2) is 0 Å². The summed E-state index contributed by atoms with van der Waals surface area (Å²) in [5, 5.41) is 20.0. The first kappa shape index (κ1) is 21.3. The van der Waals surface area contributed by atoms with Crippen LogP contribution in [0.25, 0.3) is 21.1 Å². The number of nitrogens with two attached hydrogens (primary N) is 1. The molecular formula is C22H23ClN4OS. The summed E-state index contributed by atoms with van der Waals surface area (Å²) in [4.78, 5) is 0. The number of halogens is 1. The Kier molecular flexibility index (Phi) is 6.53. The molecule has 2 aromatic carbocycles. The van der Waals surface area contributed by atoms with Crippen LogP contribution in [0.2, 0.25) is 0 Å². The summed E-state index contributed by atoms with van der Waals surface area (Å²) in [6.07, 6.45) is 3.16. The lowest BCUT2D eigenvalue weighted by Crippen LogP contribution is -2.17. The lowest BCUT2D eigenvalue weighted by atomic mass is 9.85. The van der Waals surface area contributed by atoms with E-state index in [1.54, 1.807) is 0 Å². The monoisotopic (exact) mass is 426 g/mol. The van der Waals surface area contributed by atoms with E-state index in [4.69, 9.17) is 10.5 Å². The highest BCUT2D eigenvalue weighted by molar-refractivity contribution is 7.17. The molecule has 1 aromatic heterocycles. The Morgan fingerprint density at radius 3 is 2.76 bits per heavy atom. The first-order chi connectivity index (χ1) is 13.6. The average Bonchev–Trinajstić information content (AvgIpc) is 3.18. The highest BCUT2D eigenvalue weighted by Crippen LogP contribution is 2.38. The van der Waals surface area contributed by atoms with E-state index in [1.165, 1.54) is 22.5 Å². The third kappa shape index (κ3) is 4.27. The van der Waals surface area contributed by atoms with Gasteiger partial charge in [-0.15, -0.1) is 22.6 Å². The molecule has 1 unspecified atom stereocenters. The van der Waals surface area contributed by atoms with Crippen molar-refractivity contribution >= 4 is 23.7 Å². The number of nitriles is 1. The third-order valence-corrected chi connectivity index (χ3v) is 5.92. The molecule has 29 heavy (non-hydrogen) atoms. The number of rotatable bonds is 4. The Labute approximate surface area is 181 Å². The average molecular weight is 427 g/mol. The molecule has 0 fully saturated rings. The van der Waals surface area contributed by atoms with E-state index in [9.17, 15) is 5.26 Å². The van der Waals surface area contributed by atoms with Crippen LogP contribution in [0, 0.1) is 11.3 Å². The van der Waals surface area contributed by atoms with Crippen molar-refractivity contribution < 1.29 is 4.74 Å². The minimum absolute atomic E-state index is 0. The normalized spacial score (nSPS) is 15.3. The highest BCUT2D eigenvalue weighted by Gasteiger charge is 2.21. The molecule has 1 aliphatic rings. The van der Waals surface area contributed by atoms with Crippen molar-refractivity contribution in [3.05, 3.63) is 53.1 Å². The molecular weight excluding hydrogens is 404 g/mol. The summed E-state index contributed by atoms with van der Waals surface area (Å²) in [5.41, 5.74) is 11.3. The first-order valence-electron chi connectivity index (χ1n) is 9.49. The molecule has 0 amide bonds. The topological polar surface area (TPSA) is 84.8 Å². The second-order valence-electron chi connectivity index (χ2n) is 7.27. The Morgan fingerprint density at radius 1 is 1.21 bits per heavy atom. The van der Waals surface area contributed by atoms with Gasteiger partial charge in [-0.2, -0.15) is 5.26 Å². The maximum Gasteiger partial charge on any atom is 0.148 e. The van der Waals surface area contributed by atoms with E-state index < -0.39 is 0 Å². The number of hydrogen-bond acceptors (Lipinski definition) is 6. The van der Waals surface area contributed by atoms with Gasteiger partial charge in [0.25, 0.3) is 0 Å². The van der Waals surface area contributed by atoms with Crippen LogP contribution in [0.15, 0.2) is 36.4 Å². The van der Waals surface area contributed by atoms with Crippen LogP contribution < -0.4 is 10.5 Å². The summed E-state index contributed by atoms with van der Waals surface area (Å²) in [7, 11) is 0. The van der Waals surface area contributed by atoms with Gasteiger partial charge in [0.15, 0.2) is 0 Å². The number of hydrogen-bond donors (Lipinski definition) is 1. The van der Waals surface area contributed by atoms with Crippen LogP contribution in [0.4, 0.5) is 0 Å². The van der Waals surface area contributed by atoms with Gasteiger partial charge in [-0.05, 0) is 62.4 Å². The van der Waals surface area contributed by atoms with E-state index in [1.807, 2.05) is 38.1 Å². The zero-order chi connectivity index (χ0) is 19.7. The van der Waals surface area contributed by atoms with Gasteiger partial charge in [0.05, 0.1) is 11.7 Å². The van der Waals surface area contributed by atoms with Crippen LogP contribution in [-0.4, -0.2) is 16.3 Å². The number of benzene rings is 2. The van der Waals surface area contributed by atoms with E-state index in [-0.39, 0.29) is 24.6 Å². The molecule has 1 heterocycles. The Hall–Kier alpha value is -2.46. The molecule has 7 heteroatoms. The van der Waals surface area contributed by atoms with E-state index >= 15 is 0 Å². The second kappa shape index (κ2) is 8.91. The fraction of sp³-hybridized carbons (Fsp3) is 0.318. The summed E-state index contributed by atoms with van der Waals surface area (Å²) in [6, 6.07) is 14.2. The van der Waals surface area contributed by atoms with Crippen LogP contribution in [0.5, 0.6) is 5.75 Å². The van der Waals surface area contributed by atoms with Gasteiger partial charge in [0.2, 0.25) is 0 Å². The minimum Gasteiger partial charge on any atom is -0.490 e. The molecule has 3 aromatic rings. The predicted molar refractivity (Wildman–Crippen MR) is 118 cm³/mol. The Morgan fingerprint density at radius 2 is 2.00 bits per heavy atom. The number of fused-ring (bicyclic) bond motifs is 1. The minimum atomic E-state index is 0. The first-order valence-corrected chi connectivity index (χ1v) is 10.3. The van der Waals surface area contributed by atoms with Crippen LogP contribution in [0.3, 0.4) is 0 Å². The maximum atomic E-state index is 9.47. The number of aromatic nitrogens is 2. The van der Waals surface area contributed by atoms with Crippen LogP contribution >= 0.6 is 23.7 Å².